The Morgan fingerprint density at radius 1 is 1.45 bits per heavy atom. The minimum absolute atomic E-state index is 0.718. The minimum Gasteiger partial charge on any atom is -0.480 e. The molecule has 2 aromatic rings. The molecule has 0 spiro atoms. The van der Waals surface area contributed by atoms with Gasteiger partial charge in [0.15, 0.2) is 4.96 Å². The van der Waals surface area contributed by atoms with Gasteiger partial charge >= 0.3 is 0 Å². The van der Waals surface area contributed by atoms with Gasteiger partial charge in [-0.25, -0.2) is 0 Å². The zero-order valence-electron chi connectivity index (χ0n) is 11.7. The maximum absolute atomic E-state index is 5.35. The van der Waals surface area contributed by atoms with E-state index in [2.05, 4.69) is 19.6 Å². The van der Waals surface area contributed by atoms with Gasteiger partial charge in [-0.3, -0.25) is 9.30 Å². The molecule has 7 heteroatoms. The minimum atomic E-state index is 0.718. The molecule has 110 valence electrons. The van der Waals surface area contributed by atoms with Gasteiger partial charge in [0.2, 0.25) is 5.88 Å². The van der Waals surface area contributed by atoms with E-state index in [9.17, 15) is 0 Å². The Bertz CT molecular complexity index is 548. The molecule has 20 heavy (non-hydrogen) atoms. The van der Waals surface area contributed by atoms with Gasteiger partial charge in [-0.05, 0) is 0 Å². The third-order valence-corrected chi connectivity index (χ3v) is 4.28. The van der Waals surface area contributed by atoms with Crippen molar-refractivity contribution in [2.24, 2.45) is 0 Å². The van der Waals surface area contributed by atoms with Gasteiger partial charge in [0.25, 0.3) is 0 Å². The first kappa shape index (κ1) is 13.8. The number of hydrogen-bond acceptors (Lipinski definition) is 6. The largest absolute Gasteiger partial charge is 0.480 e. The molecule has 0 atom stereocenters. The topological polar surface area (TPSA) is 51.0 Å². The Morgan fingerprint density at radius 2 is 2.30 bits per heavy atom. The van der Waals surface area contributed by atoms with Crippen LogP contribution >= 0.6 is 11.3 Å². The first-order chi connectivity index (χ1) is 9.88. The highest BCUT2D eigenvalue weighted by Gasteiger charge is 2.13. The fourth-order valence-corrected chi connectivity index (χ4v) is 3.13. The highest BCUT2D eigenvalue weighted by atomic mass is 32.1. The van der Waals surface area contributed by atoms with Crippen LogP contribution in [-0.2, 0) is 11.3 Å². The number of methoxy groups -OCH3 is 1. The molecule has 6 nitrogen and oxygen atoms in total. The summed E-state index contributed by atoms with van der Waals surface area (Å²) in [5.41, 5.74) is 1.09. The van der Waals surface area contributed by atoms with E-state index in [0.29, 0.717) is 0 Å². The molecule has 0 aromatic carbocycles. The van der Waals surface area contributed by atoms with Gasteiger partial charge < -0.3 is 14.8 Å². The predicted molar refractivity (Wildman–Crippen MR) is 78.6 cm³/mol. The van der Waals surface area contributed by atoms with Crippen molar-refractivity contribution >= 4 is 16.3 Å². The summed E-state index contributed by atoms with van der Waals surface area (Å²) >= 11 is 1.62. The maximum Gasteiger partial charge on any atom is 0.237 e. The molecule has 1 aliphatic heterocycles. The monoisotopic (exact) mass is 296 g/mol. The van der Waals surface area contributed by atoms with Crippen LogP contribution in [-0.4, -0.2) is 60.8 Å². The maximum atomic E-state index is 5.35. The van der Waals surface area contributed by atoms with Crippen LogP contribution in [0, 0.1) is 0 Å². The fourth-order valence-electron chi connectivity index (χ4n) is 2.41. The average molecular weight is 296 g/mol. The van der Waals surface area contributed by atoms with E-state index >= 15 is 0 Å². The highest BCUT2D eigenvalue weighted by Crippen LogP contribution is 2.22. The number of imidazole rings is 1. The van der Waals surface area contributed by atoms with Crippen LogP contribution in [0.3, 0.4) is 0 Å². The van der Waals surface area contributed by atoms with Crippen LogP contribution in [0.15, 0.2) is 11.6 Å². The van der Waals surface area contributed by atoms with Gasteiger partial charge in [-0.1, -0.05) is 0 Å². The molecule has 1 N–H and O–H groups in total. The summed E-state index contributed by atoms with van der Waals surface area (Å²) in [5.74, 6) is 0.718. The summed E-state index contributed by atoms with van der Waals surface area (Å²) in [4.78, 5) is 7.85. The van der Waals surface area contributed by atoms with Crippen molar-refractivity contribution in [3.63, 3.8) is 0 Å². The molecule has 0 bridgehead atoms. The number of fused-ring (bicyclic) bond motifs is 1. The fraction of sp³-hybridized carbons (Fsp3) is 0.615. The van der Waals surface area contributed by atoms with Crippen molar-refractivity contribution in [2.45, 2.75) is 6.54 Å². The van der Waals surface area contributed by atoms with Gasteiger partial charge in [-0.2, -0.15) is 4.98 Å². The number of thiazole rings is 1. The summed E-state index contributed by atoms with van der Waals surface area (Å²) in [7, 11) is 1.67. The van der Waals surface area contributed by atoms with Crippen molar-refractivity contribution in [3.8, 4) is 5.88 Å². The second-order valence-corrected chi connectivity index (χ2v) is 5.63. The van der Waals surface area contributed by atoms with E-state index in [4.69, 9.17) is 9.47 Å². The number of morpholine rings is 1. The molecule has 3 heterocycles. The normalized spacial score (nSPS) is 16.9. The van der Waals surface area contributed by atoms with E-state index in [1.54, 1.807) is 18.4 Å². The summed E-state index contributed by atoms with van der Waals surface area (Å²) in [6.07, 6.45) is 2.04. The Kier molecular flexibility index (Phi) is 4.51. The molecule has 0 amide bonds. The standard InChI is InChI=1S/C13H20N4O2S/c1-18-12-11(17-6-9-20-13(17)15-12)10-14-2-3-16-4-7-19-8-5-16/h6,9,14H,2-5,7-8,10H2,1H3. The molecule has 2 aromatic heterocycles. The third kappa shape index (κ3) is 2.95. The highest BCUT2D eigenvalue weighted by molar-refractivity contribution is 7.15. The van der Waals surface area contributed by atoms with Crippen molar-refractivity contribution < 1.29 is 9.47 Å². The SMILES string of the molecule is COc1nc2sccn2c1CNCCN1CCOCC1. The summed E-state index contributed by atoms with van der Waals surface area (Å²) < 4.78 is 12.8. The number of nitrogens with zero attached hydrogens (tertiary/aromatic N) is 3. The molecule has 3 rings (SSSR count). The summed E-state index contributed by atoms with van der Waals surface area (Å²) in [6, 6.07) is 0. The van der Waals surface area contributed by atoms with Crippen molar-refractivity contribution in [1.29, 1.82) is 0 Å². The second kappa shape index (κ2) is 6.53. The van der Waals surface area contributed by atoms with Crippen LogP contribution in [0.1, 0.15) is 5.69 Å². The molecular formula is C13H20N4O2S. The lowest BCUT2D eigenvalue weighted by Gasteiger charge is -2.26. The van der Waals surface area contributed by atoms with E-state index < -0.39 is 0 Å². The predicted octanol–water partition coefficient (Wildman–Crippen LogP) is 0.826. The zero-order chi connectivity index (χ0) is 13.8. The first-order valence-electron chi connectivity index (χ1n) is 6.87. The zero-order valence-corrected chi connectivity index (χ0v) is 12.5. The molecular weight excluding hydrogens is 276 g/mol. The van der Waals surface area contributed by atoms with Gasteiger partial charge in [-0.15, -0.1) is 11.3 Å². The number of ether oxygens (including phenoxy) is 2. The molecule has 1 saturated heterocycles. The van der Waals surface area contributed by atoms with Crippen LogP contribution < -0.4 is 10.1 Å². The Morgan fingerprint density at radius 3 is 3.10 bits per heavy atom. The quantitative estimate of drug-likeness (QED) is 0.800. The first-order valence-corrected chi connectivity index (χ1v) is 7.75. The smallest absolute Gasteiger partial charge is 0.237 e. The van der Waals surface area contributed by atoms with E-state index in [-0.39, 0.29) is 0 Å². The van der Waals surface area contributed by atoms with Gasteiger partial charge in [0.05, 0.1) is 20.3 Å². The second-order valence-electron chi connectivity index (χ2n) is 4.75. The summed E-state index contributed by atoms with van der Waals surface area (Å²) in [6.45, 7) is 6.56. The van der Waals surface area contributed by atoms with Gasteiger partial charge in [0.1, 0.15) is 5.69 Å². The number of aromatic nitrogens is 2. The molecule has 0 radical (unpaired) electrons. The molecule has 1 fully saturated rings. The summed E-state index contributed by atoms with van der Waals surface area (Å²) in [5, 5.41) is 5.51. The number of nitrogens with one attached hydrogen (secondary N) is 1. The van der Waals surface area contributed by atoms with E-state index in [1.807, 2.05) is 11.6 Å². The lowest BCUT2D eigenvalue weighted by Crippen LogP contribution is -2.40. The van der Waals surface area contributed by atoms with Crippen LogP contribution in [0.5, 0.6) is 5.88 Å². The third-order valence-electron chi connectivity index (χ3n) is 3.52. The molecule has 1 aliphatic rings. The lowest BCUT2D eigenvalue weighted by molar-refractivity contribution is 0.0384. The number of hydrogen-bond donors (Lipinski definition) is 1. The Balaban J connectivity index is 1.52. The van der Waals surface area contributed by atoms with Gasteiger partial charge in [0, 0.05) is 44.3 Å². The molecule has 0 unspecified atom stereocenters. The van der Waals surface area contributed by atoms with Crippen LogP contribution in [0.2, 0.25) is 0 Å². The van der Waals surface area contributed by atoms with Crippen molar-refractivity contribution in [2.75, 3.05) is 46.5 Å². The Hall–Kier alpha value is -1.15. The number of rotatable bonds is 6. The van der Waals surface area contributed by atoms with Crippen molar-refractivity contribution in [1.82, 2.24) is 19.6 Å². The average Bonchev–Trinajstić information content (AvgIpc) is 3.06. The van der Waals surface area contributed by atoms with E-state index in [1.165, 1.54) is 0 Å². The molecule has 0 saturated carbocycles. The van der Waals surface area contributed by atoms with Crippen molar-refractivity contribution in [3.05, 3.63) is 17.3 Å². The van der Waals surface area contributed by atoms with E-state index in [0.717, 1.165) is 62.5 Å². The van der Waals surface area contributed by atoms with Crippen LogP contribution in [0.4, 0.5) is 0 Å². The van der Waals surface area contributed by atoms with Crippen LogP contribution in [0.25, 0.3) is 4.96 Å². The Labute approximate surface area is 122 Å². The molecule has 0 aliphatic carbocycles. The lowest BCUT2D eigenvalue weighted by atomic mass is 10.4.